The predicted octanol–water partition coefficient (Wildman–Crippen LogP) is 6.98. The van der Waals surface area contributed by atoms with Gasteiger partial charge < -0.3 is 14.4 Å². The van der Waals surface area contributed by atoms with Crippen LogP contribution < -0.4 is 9.64 Å². The molecule has 0 aliphatic carbocycles. The fraction of sp³-hybridized carbons (Fsp3) is 0.226. The molecule has 1 amide bonds. The first-order valence-corrected chi connectivity index (χ1v) is 13.0. The highest BCUT2D eigenvalue weighted by molar-refractivity contribution is 6.52. The average molecular weight is 529 g/mol. The highest BCUT2D eigenvalue weighted by Gasteiger charge is 2.48. The number of amides is 1. The van der Waals surface area contributed by atoms with Crippen molar-refractivity contribution >= 4 is 45.6 Å². The van der Waals surface area contributed by atoms with Crippen LogP contribution in [0.5, 0.6) is 5.75 Å². The van der Waals surface area contributed by atoms with Crippen molar-refractivity contribution in [3.8, 4) is 5.75 Å². The van der Waals surface area contributed by atoms with Crippen molar-refractivity contribution in [2.45, 2.75) is 32.7 Å². The molecular formula is C31H29ClN2O4. The van der Waals surface area contributed by atoms with Gasteiger partial charge in [-0.05, 0) is 66.9 Å². The Hall–Kier alpha value is -4.03. The van der Waals surface area contributed by atoms with Crippen LogP contribution in [-0.4, -0.2) is 28.0 Å². The molecule has 0 saturated carbocycles. The maximum atomic E-state index is 13.6. The summed E-state index contributed by atoms with van der Waals surface area (Å²) in [6.45, 7) is 6.51. The van der Waals surface area contributed by atoms with E-state index in [0.29, 0.717) is 22.9 Å². The molecule has 1 aliphatic heterocycles. The number of aliphatic hydroxyl groups is 1. The molecule has 1 fully saturated rings. The normalized spacial score (nSPS) is 17.1. The number of hydrogen-bond acceptors (Lipinski definition) is 4. The van der Waals surface area contributed by atoms with Crippen LogP contribution in [0.15, 0.2) is 78.5 Å². The third kappa shape index (κ3) is 4.25. The summed E-state index contributed by atoms with van der Waals surface area (Å²) in [5.74, 6) is -0.819. The minimum absolute atomic E-state index is 0.0418. The maximum Gasteiger partial charge on any atom is 0.300 e. The number of ketones is 1. The molecular weight excluding hydrogens is 500 g/mol. The van der Waals surface area contributed by atoms with Gasteiger partial charge in [0.25, 0.3) is 11.7 Å². The Balaban J connectivity index is 1.77. The summed E-state index contributed by atoms with van der Waals surface area (Å²) in [5, 5.41) is 13.1. The van der Waals surface area contributed by atoms with Gasteiger partial charge in [0.1, 0.15) is 11.5 Å². The lowest BCUT2D eigenvalue weighted by Crippen LogP contribution is -2.29. The number of nitrogens with zero attached hydrogens (tertiary/aromatic N) is 2. The zero-order valence-corrected chi connectivity index (χ0v) is 22.5. The van der Waals surface area contributed by atoms with Crippen LogP contribution in [0.25, 0.3) is 16.7 Å². The number of fused-ring (bicyclic) bond motifs is 1. The number of aryl methyl sites for hydroxylation is 1. The number of carbonyl (C=O) groups is 2. The molecule has 2 heterocycles. The van der Waals surface area contributed by atoms with E-state index in [0.717, 1.165) is 27.8 Å². The first-order chi connectivity index (χ1) is 18.2. The van der Waals surface area contributed by atoms with Gasteiger partial charge in [-0.2, -0.15) is 0 Å². The lowest BCUT2D eigenvalue weighted by Gasteiger charge is -2.25. The topological polar surface area (TPSA) is 71.8 Å². The number of rotatable bonds is 6. The average Bonchev–Trinajstić information content (AvgIpc) is 3.37. The molecule has 0 spiro atoms. The number of carbonyl (C=O) groups excluding carboxylic acids is 2. The summed E-state index contributed by atoms with van der Waals surface area (Å²) in [6, 6.07) is 19.1. The second-order valence-corrected chi connectivity index (χ2v) is 10.1. The largest absolute Gasteiger partial charge is 0.507 e. The molecule has 4 aromatic rings. The summed E-state index contributed by atoms with van der Waals surface area (Å²) >= 11 is 6.12. The van der Waals surface area contributed by atoms with Gasteiger partial charge in [-0.1, -0.05) is 43.6 Å². The van der Waals surface area contributed by atoms with Crippen LogP contribution >= 0.6 is 11.6 Å². The number of Topliss-reactive ketones (excluding diaryl/α,β-unsaturated/α-hetero) is 1. The van der Waals surface area contributed by atoms with Crippen molar-refractivity contribution in [3.05, 3.63) is 100 Å². The molecule has 1 atom stereocenters. The van der Waals surface area contributed by atoms with Gasteiger partial charge in [-0.3, -0.25) is 14.5 Å². The quantitative estimate of drug-likeness (QED) is 0.166. The molecule has 38 heavy (non-hydrogen) atoms. The number of anilines is 1. The number of para-hydroxylation sites is 1. The Bertz CT molecular complexity index is 1580. The Morgan fingerprint density at radius 2 is 1.76 bits per heavy atom. The van der Waals surface area contributed by atoms with Gasteiger partial charge in [0.2, 0.25) is 0 Å². The third-order valence-corrected chi connectivity index (χ3v) is 7.23. The number of aromatic nitrogens is 1. The SMILES string of the molecule is CCOc1ccc(/C(O)=C2\C(=O)C(=O)N(c3ccc(Cl)cc3)C2c2cn(C)c3ccccc23)cc1C(C)C. The van der Waals surface area contributed by atoms with Crippen molar-refractivity contribution in [1.82, 2.24) is 4.57 Å². The van der Waals surface area contributed by atoms with Crippen molar-refractivity contribution in [3.63, 3.8) is 0 Å². The second kappa shape index (κ2) is 10.0. The number of aliphatic hydroxyl groups excluding tert-OH is 1. The van der Waals surface area contributed by atoms with Crippen LogP contribution in [0.1, 0.15) is 49.4 Å². The van der Waals surface area contributed by atoms with Crippen molar-refractivity contribution in [2.75, 3.05) is 11.5 Å². The number of benzene rings is 3. The monoisotopic (exact) mass is 528 g/mol. The fourth-order valence-corrected chi connectivity index (χ4v) is 5.30. The molecule has 1 aliphatic rings. The Morgan fingerprint density at radius 3 is 2.45 bits per heavy atom. The van der Waals surface area contributed by atoms with Gasteiger partial charge in [0.05, 0.1) is 18.2 Å². The van der Waals surface area contributed by atoms with Crippen molar-refractivity contribution in [1.29, 1.82) is 0 Å². The van der Waals surface area contributed by atoms with Crippen LogP contribution in [0.4, 0.5) is 5.69 Å². The molecule has 3 aromatic carbocycles. The van der Waals surface area contributed by atoms with Crippen LogP contribution in [0, 0.1) is 0 Å². The third-order valence-electron chi connectivity index (χ3n) is 6.98. The van der Waals surface area contributed by atoms with Gasteiger partial charge in [0.15, 0.2) is 0 Å². The summed E-state index contributed by atoms with van der Waals surface area (Å²) < 4.78 is 7.74. The summed E-state index contributed by atoms with van der Waals surface area (Å²) in [7, 11) is 1.92. The van der Waals surface area contributed by atoms with Crippen molar-refractivity contribution in [2.24, 2.45) is 7.05 Å². The molecule has 1 unspecified atom stereocenters. The molecule has 194 valence electrons. The summed E-state index contributed by atoms with van der Waals surface area (Å²) in [5.41, 5.74) is 3.62. The minimum Gasteiger partial charge on any atom is -0.507 e. The maximum absolute atomic E-state index is 13.6. The van der Waals surface area contributed by atoms with E-state index >= 15 is 0 Å². The Labute approximate surface area is 226 Å². The van der Waals surface area contributed by atoms with E-state index < -0.39 is 17.7 Å². The van der Waals surface area contributed by atoms with Crippen LogP contribution in [0.2, 0.25) is 5.02 Å². The highest BCUT2D eigenvalue weighted by Crippen LogP contribution is 2.45. The zero-order valence-electron chi connectivity index (χ0n) is 21.7. The molecule has 0 bridgehead atoms. The van der Waals surface area contributed by atoms with E-state index in [2.05, 4.69) is 0 Å². The van der Waals surface area contributed by atoms with E-state index in [9.17, 15) is 14.7 Å². The standard InChI is InChI=1S/C31H29ClN2O4/c1-5-38-26-15-10-19(16-23(26)18(2)3)29(35)27-28(24-17-33(4)25-9-7-6-8-22(24)25)34(31(37)30(27)36)21-13-11-20(32)12-14-21/h6-18,28,35H,5H2,1-4H3/b29-27+. The molecule has 7 heteroatoms. The zero-order chi connectivity index (χ0) is 27.1. The smallest absolute Gasteiger partial charge is 0.300 e. The van der Waals surface area contributed by atoms with Crippen LogP contribution in [0.3, 0.4) is 0 Å². The van der Waals surface area contributed by atoms with E-state index in [1.54, 1.807) is 36.4 Å². The molecule has 6 nitrogen and oxygen atoms in total. The van der Waals surface area contributed by atoms with Crippen molar-refractivity contribution < 1.29 is 19.4 Å². The van der Waals surface area contributed by atoms with Gasteiger partial charge in [-0.15, -0.1) is 0 Å². The van der Waals surface area contributed by atoms with Gasteiger partial charge >= 0.3 is 0 Å². The number of halogens is 1. The van der Waals surface area contributed by atoms with Crippen LogP contribution in [-0.2, 0) is 16.6 Å². The predicted molar refractivity (Wildman–Crippen MR) is 151 cm³/mol. The summed E-state index contributed by atoms with van der Waals surface area (Å²) in [4.78, 5) is 28.6. The lowest BCUT2D eigenvalue weighted by molar-refractivity contribution is -0.132. The lowest BCUT2D eigenvalue weighted by atomic mass is 9.93. The van der Waals surface area contributed by atoms with E-state index in [4.69, 9.17) is 16.3 Å². The molecule has 0 radical (unpaired) electrons. The molecule has 1 N–H and O–H groups in total. The Morgan fingerprint density at radius 1 is 1.05 bits per heavy atom. The molecule has 1 aromatic heterocycles. The number of hydrogen-bond donors (Lipinski definition) is 1. The van der Waals surface area contributed by atoms with Gasteiger partial charge in [0, 0.05) is 46.0 Å². The van der Waals surface area contributed by atoms with Gasteiger partial charge in [-0.25, -0.2) is 0 Å². The second-order valence-electron chi connectivity index (χ2n) is 9.70. The van der Waals surface area contributed by atoms with E-state index in [1.807, 2.05) is 68.9 Å². The minimum atomic E-state index is -0.837. The first-order valence-electron chi connectivity index (χ1n) is 12.6. The Kier molecular flexibility index (Phi) is 6.76. The van der Waals surface area contributed by atoms with E-state index in [1.165, 1.54) is 4.90 Å². The summed E-state index contributed by atoms with van der Waals surface area (Å²) in [6.07, 6.45) is 1.91. The fourth-order valence-electron chi connectivity index (χ4n) is 5.18. The highest BCUT2D eigenvalue weighted by atomic mass is 35.5. The molecule has 5 rings (SSSR count). The molecule has 1 saturated heterocycles. The first kappa shape index (κ1) is 25.6. The van der Waals surface area contributed by atoms with E-state index in [-0.39, 0.29) is 17.3 Å². The number of ether oxygens (including phenoxy) is 1.